The normalized spacial score (nSPS) is 22.7. The number of nitro groups is 1. The Morgan fingerprint density at radius 3 is 2.59 bits per heavy atom. The van der Waals surface area contributed by atoms with Crippen LogP contribution in [-0.4, -0.2) is 40.9 Å². The molecule has 122 valence electrons. The number of halogens is 3. The van der Waals surface area contributed by atoms with Crippen LogP contribution in [0.1, 0.15) is 12.0 Å². The fraction of sp³-hybridized carbons (Fsp3) is 0.538. The zero-order valence-corrected chi connectivity index (χ0v) is 11.5. The molecular weight excluding hydrogens is 305 g/mol. The summed E-state index contributed by atoms with van der Waals surface area (Å²) in [4.78, 5) is 11.7. The number of hydrogen-bond donors (Lipinski definition) is 2. The number of aliphatic hydroxyl groups is 2. The van der Waals surface area contributed by atoms with Crippen LogP contribution in [0.3, 0.4) is 0 Å². The molecule has 1 fully saturated rings. The van der Waals surface area contributed by atoms with Crippen LogP contribution in [0.15, 0.2) is 18.2 Å². The summed E-state index contributed by atoms with van der Waals surface area (Å²) in [6, 6.07) is 2.33. The fourth-order valence-corrected chi connectivity index (χ4v) is 2.53. The van der Waals surface area contributed by atoms with Crippen molar-refractivity contribution in [1.29, 1.82) is 0 Å². The van der Waals surface area contributed by atoms with Crippen molar-refractivity contribution in [3.05, 3.63) is 33.9 Å². The monoisotopic (exact) mass is 320 g/mol. The zero-order chi connectivity index (χ0) is 16.5. The third kappa shape index (κ3) is 3.30. The SMILES string of the molecule is O=[N+]([O-])c1cc(C(F)(F)F)ccc1N1CC[C@H](CO)[C@@H](O)C1. The second-order valence-corrected chi connectivity index (χ2v) is 5.20. The van der Waals surface area contributed by atoms with E-state index in [0.29, 0.717) is 19.0 Å². The van der Waals surface area contributed by atoms with Crippen LogP contribution < -0.4 is 4.90 Å². The molecule has 0 radical (unpaired) electrons. The number of nitro benzene ring substituents is 1. The number of rotatable bonds is 3. The Kier molecular flexibility index (Phi) is 4.57. The largest absolute Gasteiger partial charge is 0.416 e. The van der Waals surface area contributed by atoms with Crippen molar-refractivity contribution < 1.29 is 28.3 Å². The van der Waals surface area contributed by atoms with Gasteiger partial charge < -0.3 is 15.1 Å². The van der Waals surface area contributed by atoms with E-state index in [1.807, 2.05) is 0 Å². The lowest BCUT2D eigenvalue weighted by molar-refractivity contribution is -0.384. The predicted octanol–water partition coefficient (Wildman–Crippen LogP) is 1.79. The molecule has 1 heterocycles. The highest BCUT2D eigenvalue weighted by molar-refractivity contribution is 5.65. The first-order valence-electron chi connectivity index (χ1n) is 6.63. The summed E-state index contributed by atoms with van der Waals surface area (Å²) in [6.07, 6.45) is -5.15. The quantitative estimate of drug-likeness (QED) is 0.655. The maximum atomic E-state index is 12.7. The standard InChI is InChI=1S/C13H15F3N2O4/c14-13(15,16)9-1-2-10(11(5-9)18(21)22)17-4-3-8(7-19)12(20)6-17/h1-2,5,8,12,19-20H,3-4,6-7H2/t8-,12+/m1/s1. The van der Waals surface area contributed by atoms with Crippen molar-refractivity contribution in [3.63, 3.8) is 0 Å². The smallest absolute Gasteiger partial charge is 0.396 e. The summed E-state index contributed by atoms with van der Waals surface area (Å²) in [5.74, 6) is -0.329. The molecule has 1 aromatic carbocycles. The predicted molar refractivity (Wildman–Crippen MR) is 71.5 cm³/mol. The highest BCUT2D eigenvalue weighted by atomic mass is 19.4. The summed E-state index contributed by atoms with van der Waals surface area (Å²) >= 11 is 0. The first kappa shape index (κ1) is 16.5. The minimum atomic E-state index is -4.66. The molecule has 9 heteroatoms. The first-order chi connectivity index (χ1) is 10.2. The minimum Gasteiger partial charge on any atom is -0.396 e. The highest BCUT2D eigenvalue weighted by Crippen LogP contribution is 2.37. The van der Waals surface area contributed by atoms with Gasteiger partial charge in [-0.1, -0.05) is 0 Å². The third-order valence-corrected chi connectivity index (χ3v) is 3.80. The molecule has 0 aromatic heterocycles. The molecular formula is C13H15F3N2O4. The van der Waals surface area contributed by atoms with Crippen LogP contribution in [0.4, 0.5) is 24.5 Å². The summed E-state index contributed by atoms with van der Waals surface area (Å²) in [6.45, 7) is 0.135. The summed E-state index contributed by atoms with van der Waals surface area (Å²) in [5, 5.41) is 30.0. The molecule has 6 nitrogen and oxygen atoms in total. The lowest BCUT2D eigenvalue weighted by Gasteiger charge is -2.36. The summed E-state index contributed by atoms with van der Waals surface area (Å²) < 4.78 is 38.0. The number of aliphatic hydroxyl groups excluding tert-OH is 2. The van der Waals surface area contributed by atoms with Crippen LogP contribution in [0.2, 0.25) is 0 Å². The van der Waals surface area contributed by atoms with E-state index < -0.39 is 28.5 Å². The lowest BCUT2D eigenvalue weighted by atomic mass is 9.94. The molecule has 2 rings (SSSR count). The van der Waals surface area contributed by atoms with E-state index in [0.717, 1.165) is 12.1 Å². The fourth-order valence-electron chi connectivity index (χ4n) is 2.53. The van der Waals surface area contributed by atoms with Gasteiger partial charge in [-0.15, -0.1) is 0 Å². The Bertz CT molecular complexity index is 565. The van der Waals surface area contributed by atoms with Gasteiger partial charge in [0.05, 0.1) is 16.6 Å². The van der Waals surface area contributed by atoms with Gasteiger partial charge in [-0.25, -0.2) is 0 Å². The summed E-state index contributed by atoms with van der Waals surface area (Å²) in [5.41, 5.74) is -1.70. The van der Waals surface area contributed by atoms with Gasteiger partial charge in [0.25, 0.3) is 5.69 Å². The van der Waals surface area contributed by atoms with E-state index in [9.17, 15) is 28.4 Å². The molecule has 1 aliphatic rings. The number of nitrogens with zero attached hydrogens (tertiary/aromatic N) is 2. The minimum absolute atomic E-state index is 0.0252. The van der Waals surface area contributed by atoms with Gasteiger partial charge in [-0.05, 0) is 18.6 Å². The van der Waals surface area contributed by atoms with Crippen molar-refractivity contribution in [2.45, 2.75) is 18.7 Å². The van der Waals surface area contributed by atoms with E-state index in [2.05, 4.69) is 0 Å². The maximum absolute atomic E-state index is 12.7. The van der Waals surface area contributed by atoms with Crippen molar-refractivity contribution in [2.24, 2.45) is 5.92 Å². The van der Waals surface area contributed by atoms with E-state index >= 15 is 0 Å². The molecule has 2 N–H and O–H groups in total. The molecule has 0 amide bonds. The van der Waals surface area contributed by atoms with E-state index in [1.54, 1.807) is 0 Å². The molecule has 0 unspecified atom stereocenters. The average Bonchev–Trinajstić information content (AvgIpc) is 2.45. The number of alkyl halides is 3. The first-order valence-corrected chi connectivity index (χ1v) is 6.63. The van der Waals surface area contributed by atoms with Gasteiger partial charge in [0.15, 0.2) is 0 Å². The van der Waals surface area contributed by atoms with Crippen LogP contribution in [-0.2, 0) is 6.18 Å². The molecule has 1 aliphatic heterocycles. The molecule has 2 atom stereocenters. The number of anilines is 1. The zero-order valence-electron chi connectivity index (χ0n) is 11.5. The van der Waals surface area contributed by atoms with Crippen molar-refractivity contribution >= 4 is 11.4 Å². The number of hydrogen-bond acceptors (Lipinski definition) is 5. The molecule has 0 saturated carbocycles. The van der Waals surface area contributed by atoms with Crippen molar-refractivity contribution in [2.75, 3.05) is 24.6 Å². The second kappa shape index (κ2) is 6.09. The highest BCUT2D eigenvalue weighted by Gasteiger charge is 2.35. The van der Waals surface area contributed by atoms with E-state index in [-0.39, 0.29) is 24.8 Å². The topological polar surface area (TPSA) is 86.8 Å². The summed E-state index contributed by atoms with van der Waals surface area (Å²) in [7, 11) is 0. The van der Waals surface area contributed by atoms with Gasteiger partial charge in [0.2, 0.25) is 0 Å². The van der Waals surface area contributed by atoms with Gasteiger partial charge in [-0.3, -0.25) is 10.1 Å². The van der Waals surface area contributed by atoms with E-state index in [1.165, 1.54) is 4.90 Å². The van der Waals surface area contributed by atoms with Crippen molar-refractivity contribution in [1.82, 2.24) is 0 Å². The molecule has 0 bridgehead atoms. The molecule has 22 heavy (non-hydrogen) atoms. The van der Waals surface area contributed by atoms with Gasteiger partial charge >= 0.3 is 6.18 Å². The molecule has 0 spiro atoms. The Morgan fingerprint density at radius 2 is 2.09 bits per heavy atom. The van der Waals surface area contributed by atoms with Crippen LogP contribution >= 0.6 is 0 Å². The number of β-amino-alcohol motifs (C(OH)–C–C–N with tert-alkyl or cyclic N) is 1. The van der Waals surface area contributed by atoms with E-state index in [4.69, 9.17) is 5.11 Å². The molecule has 0 aliphatic carbocycles. The number of benzene rings is 1. The Hall–Kier alpha value is -1.87. The van der Waals surface area contributed by atoms with Gasteiger partial charge in [0.1, 0.15) is 5.69 Å². The van der Waals surface area contributed by atoms with Gasteiger partial charge in [0, 0.05) is 31.7 Å². The van der Waals surface area contributed by atoms with Gasteiger partial charge in [-0.2, -0.15) is 13.2 Å². The Labute approximate surface area is 123 Å². The average molecular weight is 320 g/mol. The molecule has 1 saturated heterocycles. The van der Waals surface area contributed by atoms with Crippen molar-refractivity contribution in [3.8, 4) is 0 Å². The van der Waals surface area contributed by atoms with Crippen LogP contribution in [0.5, 0.6) is 0 Å². The third-order valence-electron chi connectivity index (χ3n) is 3.80. The van der Waals surface area contributed by atoms with Crippen LogP contribution in [0.25, 0.3) is 0 Å². The lowest BCUT2D eigenvalue weighted by Crippen LogP contribution is -2.45. The number of piperidine rings is 1. The molecule has 1 aromatic rings. The maximum Gasteiger partial charge on any atom is 0.416 e. The second-order valence-electron chi connectivity index (χ2n) is 5.20. The Morgan fingerprint density at radius 1 is 1.41 bits per heavy atom. The Balaban J connectivity index is 2.33. The van der Waals surface area contributed by atoms with Crippen LogP contribution in [0, 0.1) is 16.0 Å².